The van der Waals surface area contributed by atoms with E-state index in [1.807, 2.05) is 13.8 Å². The number of carbonyl (C=O) groups excluding carboxylic acids is 3. The van der Waals surface area contributed by atoms with Crippen molar-refractivity contribution < 1.29 is 23.9 Å². The topological polar surface area (TPSA) is 106 Å². The third-order valence-electron chi connectivity index (χ3n) is 5.22. The second-order valence-corrected chi connectivity index (χ2v) is 9.89. The average Bonchev–Trinajstić information content (AvgIpc) is 3.14. The average molecular weight is 562 g/mol. The molecule has 2 aromatic carbocycles. The van der Waals surface area contributed by atoms with Gasteiger partial charge in [0.15, 0.2) is 6.10 Å². The number of hydrazone groups is 1. The first-order chi connectivity index (χ1) is 17.6. The summed E-state index contributed by atoms with van der Waals surface area (Å²) < 4.78 is 10.8. The third kappa shape index (κ3) is 7.31. The van der Waals surface area contributed by atoms with Crippen LogP contribution in [0.25, 0.3) is 0 Å². The van der Waals surface area contributed by atoms with Crippen molar-refractivity contribution in [3.05, 3.63) is 79.6 Å². The van der Waals surface area contributed by atoms with Crippen LogP contribution in [0.15, 0.2) is 47.6 Å². The zero-order valence-electron chi connectivity index (χ0n) is 20.6. The van der Waals surface area contributed by atoms with E-state index in [1.165, 1.54) is 17.6 Å². The van der Waals surface area contributed by atoms with Gasteiger partial charge in [-0.2, -0.15) is 5.10 Å². The van der Waals surface area contributed by atoms with Crippen molar-refractivity contribution >= 4 is 63.5 Å². The van der Waals surface area contributed by atoms with Crippen molar-refractivity contribution in [2.45, 2.75) is 33.8 Å². The minimum absolute atomic E-state index is 0.238. The van der Waals surface area contributed by atoms with Crippen LogP contribution in [0.2, 0.25) is 10.0 Å². The molecule has 2 N–H and O–H groups in total. The smallest absolute Gasteiger partial charge is 0.341 e. The van der Waals surface area contributed by atoms with Crippen molar-refractivity contribution in [2.75, 3.05) is 11.9 Å². The molecular weight excluding hydrogens is 537 g/mol. The van der Waals surface area contributed by atoms with Gasteiger partial charge in [-0.1, -0.05) is 29.3 Å². The number of hydrogen-bond donors (Lipinski definition) is 2. The van der Waals surface area contributed by atoms with Crippen LogP contribution in [0.3, 0.4) is 0 Å². The Labute approximate surface area is 228 Å². The summed E-state index contributed by atoms with van der Waals surface area (Å²) >= 11 is 13.2. The molecule has 3 rings (SSSR count). The molecule has 11 heteroatoms. The lowest BCUT2D eigenvalue weighted by Gasteiger charge is -2.13. The first-order valence-electron chi connectivity index (χ1n) is 11.2. The fourth-order valence-corrected chi connectivity index (χ4v) is 4.49. The van der Waals surface area contributed by atoms with Gasteiger partial charge in [-0.25, -0.2) is 10.2 Å². The number of ether oxygens (including phenoxy) is 2. The second-order valence-electron chi connectivity index (χ2n) is 7.85. The number of thiophene rings is 1. The van der Waals surface area contributed by atoms with Gasteiger partial charge in [-0.05, 0) is 75.2 Å². The van der Waals surface area contributed by atoms with Crippen LogP contribution in [-0.4, -0.2) is 36.7 Å². The second kappa shape index (κ2) is 12.7. The molecule has 194 valence electrons. The molecule has 0 aliphatic carbocycles. The largest absolute Gasteiger partial charge is 0.481 e. The molecule has 0 spiro atoms. The summed E-state index contributed by atoms with van der Waals surface area (Å²) in [5, 5.41) is 7.93. The Morgan fingerprint density at radius 3 is 2.43 bits per heavy atom. The normalized spacial score (nSPS) is 11.7. The van der Waals surface area contributed by atoms with Crippen molar-refractivity contribution in [3.8, 4) is 5.75 Å². The van der Waals surface area contributed by atoms with E-state index >= 15 is 0 Å². The summed E-state index contributed by atoms with van der Waals surface area (Å²) in [6, 6.07) is 11.2. The number of amides is 2. The number of halogens is 2. The Hall–Kier alpha value is -3.40. The number of nitrogens with zero attached hydrogens (tertiary/aromatic N) is 1. The van der Waals surface area contributed by atoms with Crippen LogP contribution in [0, 0.1) is 13.8 Å². The van der Waals surface area contributed by atoms with E-state index in [0.29, 0.717) is 37.5 Å². The van der Waals surface area contributed by atoms with E-state index in [-0.39, 0.29) is 12.5 Å². The molecule has 37 heavy (non-hydrogen) atoms. The summed E-state index contributed by atoms with van der Waals surface area (Å²) in [5.74, 6) is -0.937. The lowest BCUT2D eigenvalue weighted by molar-refractivity contribution is -0.127. The molecule has 0 aliphatic heterocycles. The van der Waals surface area contributed by atoms with Gasteiger partial charge in [0.05, 0.1) is 28.4 Å². The van der Waals surface area contributed by atoms with Crippen LogP contribution >= 0.6 is 34.5 Å². The van der Waals surface area contributed by atoms with E-state index in [4.69, 9.17) is 32.7 Å². The summed E-state index contributed by atoms with van der Waals surface area (Å²) in [4.78, 5) is 38.4. The maximum atomic E-state index is 12.8. The maximum Gasteiger partial charge on any atom is 0.341 e. The van der Waals surface area contributed by atoms with Crippen LogP contribution in [0.4, 0.5) is 5.00 Å². The van der Waals surface area contributed by atoms with Gasteiger partial charge in [-0.3, -0.25) is 9.59 Å². The first kappa shape index (κ1) is 28.2. The Morgan fingerprint density at radius 2 is 1.78 bits per heavy atom. The molecule has 0 radical (unpaired) electrons. The zero-order valence-corrected chi connectivity index (χ0v) is 22.9. The first-order valence-corrected chi connectivity index (χ1v) is 12.8. The molecule has 0 saturated heterocycles. The number of esters is 1. The summed E-state index contributed by atoms with van der Waals surface area (Å²) in [6.45, 7) is 7.23. The van der Waals surface area contributed by atoms with Gasteiger partial charge in [-0.15, -0.1) is 11.3 Å². The van der Waals surface area contributed by atoms with Crippen molar-refractivity contribution in [3.63, 3.8) is 0 Å². The lowest BCUT2D eigenvalue weighted by Crippen LogP contribution is -2.33. The number of hydrogen-bond acceptors (Lipinski definition) is 7. The van der Waals surface area contributed by atoms with Gasteiger partial charge in [0.1, 0.15) is 10.8 Å². The highest BCUT2D eigenvalue weighted by atomic mass is 35.5. The van der Waals surface area contributed by atoms with E-state index < -0.39 is 18.0 Å². The van der Waals surface area contributed by atoms with Gasteiger partial charge in [0, 0.05) is 10.4 Å². The number of benzene rings is 2. The SMILES string of the molecule is CCOC(=O)c1c(NC(=O)c2ccc(OC(C)C(=O)N/N=C/c3ccc(Cl)c(Cl)c3)cc2)sc(C)c1C. The predicted molar refractivity (Wildman–Crippen MR) is 146 cm³/mol. The quantitative estimate of drug-likeness (QED) is 0.189. The van der Waals surface area contributed by atoms with Crippen LogP contribution in [-0.2, 0) is 9.53 Å². The van der Waals surface area contributed by atoms with E-state index in [0.717, 1.165) is 10.4 Å². The number of nitrogens with one attached hydrogen (secondary N) is 2. The van der Waals surface area contributed by atoms with Gasteiger partial charge < -0.3 is 14.8 Å². The molecule has 1 unspecified atom stereocenters. The summed E-state index contributed by atoms with van der Waals surface area (Å²) in [5.41, 5.74) is 4.56. The standard InChI is InChI=1S/C26H25Cl2N3O5S/c1-5-35-26(34)22-14(2)16(4)37-25(22)30-24(33)18-7-9-19(10-8-18)36-15(3)23(32)31-29-13-17-6-11-20(27)21(28)12-17/h6-13,15H,5H2,1-4H3,(H,30,33)(H,31,32)/b29-13+. The highest BCUT2D eigenvalue weighted by Crippen LogP contribution is 2.33. The molecular formula is C26H25Cl2N3O5S. The molecule has 8 nitrogen and oxygen atoms in total. The molecule has 1 aromatic heterocycles. The molecule has 0 saturated carbocycles. The van der Waals surface area contributed by atoms with Crippen LogP contribution in [0.1, 0.15) is 50.6 Å². The van der Waals surface area contributed by atoms with Crippen molar-refractivity contribution in [2.24, 2.45) is 5.10 Å². The Bertz CT molecular complexity index is 1340. The Kier molecular flexibility index (Phi) is 9.68. The van der Waals surface area contributed by atoms with Crippen molar-refractivity contribution in [1.82, 2.24) is 5.43 Å². The summed E-state index contributed by atoms with van der Waals surface area (Å²) in [6.07, 6.45) is 0.583. The molecule has 0 aliphatic rings. The summed E-state index contributed by atoms with van der Waals surface area (Å²) in [7, 11) is 0. The lowest BCUT2D eigenvalue weighted by atomic mass is 10.1. The molecule has 1 heterocycles. The number of aryl methyl sites for hydroxylation is 1. The number of anilines is 1. The highest BCUT2D eigenvalue weighted by molar-refractivity contribution is 7.16. The fraction of sp³-hybridized carbons (Fsp3) is 0.231. The Balaban J connectivity index is 1.58. The molecule has 0 fully saturated rings. The zero-order chi connectivity index (χ0) is 27.1. The molecule has 3 aromatic rings. The van der Waals surface area contributed by atoms with Crippen molar-refractivity contribution in [1.29, 1.82) is 0 Å². The number of carbonyl (C=O) groups is 3. The minimum atomic E-state index is -0.852. The highest BCUT2D eigenvalue weighted by Gasteiger charge is 2.22. The molecule has 1 atom stereocenters. The van der Waals surface area contributed by atoms with Gasteiger partial charge in [0.25, 0.3) is 11.8 Å². The fourth-order valence-electron chi connectivity index (χ4n) is 3.14. The molecule has 2 amide bonds. The third-order valence-corrected chi connectivity index (χ3v) is 7.08. The monoisotopic (exact) mass is 561 g/mol. The van der Waals surface area contributed by atoms with Gasteiger partial charge in [0.2, 0.25) is 0 Å². The van der Waals surface area contributed by atoms with E-state index in [1.54, 1.807) is 56.3 Å². The van der Waals surface area contributed by atoms with Gasteiger partial charge >= 0.3 is 5.97 Å². The van der Waals surface area contributed by atoms with E-state index in [9.17, 15) is 14.4 Å². The maximum absolute atomic E-state index is 12.8. The van der Waals surface area contributed by atoms with E-state index in [2.05, 4.69) is 15.8 Å². The number of rotatable bonds is 9. The van der Waals surface area contributed by atoms with Crippen LogP contribution in [0.5, 0.6) is 5.75 Å². The minimum Gasteiger partial charge on any atom is -0.481 e. The molecule has 0 bridgehead atoms. The predicted octanol–water partition coefficient (Wildman–Crippen LogP) is 6.02. The Morgan fingerprint density at radius 1 is 1.08 bits per heavy atom. The van der Waals surface area contributed by atoms with Crippen LogP contribution < -0.4 is 15.5 Å².